The van der Waals surface area contributed by atoms with E-state index in [-0.39, 0.29) is 5.82 Å². The summed E-state index contributed by atoms with van der Waals surface area (Å²) in [6.07, 6.45) is 9.03. The molecule has 0 aliphatic heterocycles. The molecule has 1 N–H and O–H groups in total. The molecule has 5 aromatic heterocycles. The van der Waals surface area contributed by atoms with Gasteiger partial charge in [0.15, 0.2) is 11.5 Å². The van der Waals surface area contributed by atoms with Crippen LogP contribution in [0.2, 0.25) is 0 Å². The van der Waals surface area contributed by atoms with E-state index in [4.69, 9.17) is 0 Å². The fourth-order valence-corrected chi connectivity index (χ4v) is 3.90. The molecule has 0 atom stereocenters. The number of anilines is 2. The van der Waals surface area contributed by atoms with Crippen LogP contribution in [0.15, 0.2) is 73.4 Å². The predicted molar refractivity (Wildman–Crippen MR) is 128 cm³/mol. The molecule has 6 aromatic rings. The van der Waals surface area contributed by atoms with Gasteiger partial charge in [-0.05, 0) is 42.5 Å². The molecular weight excluding hydrogens is 447 g/mol. The molecule has 0 aliphatic rings. The molecule has 11 heteroatoms. The summed E-state index contributed by atoms with van der Waals surface area (Å²) in [5.74, 6) is 0.813. The van der Waals surface area contributed by atoms with Crippen molar-refractivity contribution >= 4 is 17.3 Å². The molecule has 172 valence electrons. The first kappa shape index (κ1) is 20.7. The molecule has 1 aromatic carbocycles. The van der Waals surface area contributed by atoms with Crippen LogP contribution in [0.4, 0.5) is 16.0 Å². The summed E-state index contributed by atoms with van der Waals surface area (Å²) in [5, 5.41) is 20.7. The van der Waals surface area contributed by atoms with Gasteiger partial charge >= 0.3 is 0 Å². The maximum absolute atomic E-state index is 13.4. The number of aromatic nitrogens is 9. The van der Waals surface area contributed by atoms with Crippen LogP contribution in [0.5, 0.6) is 0 Å². The molecule has 0 spiro atoms. The van der Waals surface area contributed by atoms with Crippen molar-refractivity contribution in [2.24, 2.45) is 14.1 Å². The lowest BCUT2D eigenvalue weighted by Crippen LogP contribution is -1.97. The first-order chi connectivity index (χ1) is 17.0. The molecule has 0 amide bonds. The van der Waals surface area contributed by atoms with E-state index >= 15 is 0 Å². The zero-order chi connectivity index (χ0) is 23.9. The minimum absolute atomic E-state index is 0.296. The molecule has 0 radical (unpaired) electrons. The van der Waals surface area contributed by atoms with Crippen molar-refractivity contribution in [1.82, 2.24) is 44.1 Å². The van der Waals surface area contributed by atoms with Crippen LogP contribution < -0.4 is 5.32 Å². The van der Waals surface area contributed by atoms with Crippen LogP contribution in [-0.4, -0.2) is 44.1 Å². The molecule has 5 heterocycles. The maximum atomic E-state index is 13.4. The Hall–Kier alpha value is -4.93. The van der Waals surface area contributed by atoms with Gasteiger partial charge in [-0.3, -0.25) is 13.8 Å². The number of halogens is 1. The van der Waals surface area contributed by atoms with Gasteiger partial charge in [0.05, 0.1) is 23.1 Å². The Bertz CT molecular complexity index is 1660. The van der Waals surface area contributed by atoms with E-state index in [1.807, 2.05) is 55.3 Å². The van der Waals surface area contributed by atoms with E-state index in [1.54, 1.807) is 33.9 Å². The van der Waals surface area contributed by atoms with Gasteiger partial charge in [-0.25, -0.2) is 14.4 Å². The highest BCUT2D eigenvalue weighted by Gasteiger charge is 2.18. The van der Waals surface area contributed by atoms with Gasteiger partial charge in [-0.15, -0.1) is 10.2 Å². The zero-order valence-corrected chi connectivity index (χ0v) is 18.8. The number of benzene rings is 1. The van der Waals surface area contributed by atoms with Crippen LogP contribution in [0.3, 0.4) is 0 Å². The van der Waals surface area contributed by atoms with Gasteiger partial charge in [-0.1, -0.05) is 0 Å². The van der Waals surface area contributed by atoms with Crippen LogP contribution in [-0.2, 0) is 14.1 Å². The van der Waals surface area contributed by atoms with E-state index in [2.05, 4.69) is 35.7 Å². The SMILES string of the molecule is Cn1cc(Nc2nccc(-c3ccn4c(-c5cn(C)nc5-c5ccc(F)cc5)nnc4c3)n2)cn1. The Morgan fingerprint density at radius 1 is 0.914 bits per heavy atom. The van der Waals surface area contributed by atoms with E-state index in [0.717, 1.165) is 28.1 Å². The van der Waals surface area contributed by atoms with Crippen molar-refractivity contribution in [3.8, 4) is 33.9 Å². The second-order valence-electron chi connectivity index (χ2n) is 8.03. The standard InChI is InChI=1S/C24H19FN10/c1-33-13-18(12-27-33)28-24-26-9-7-20(29-24)16-8-10-35-21(11-16)30-31-23(35)19-14-34(2)32-22(19)15-3-5-17(25)6-4-15/h3-14H,1-2H3,(H,26,28,29). The number of hydrogen-bond donors (Lipinski definition) is 1. The minimum atomic E-state index is -0.296. The monoisotopic (exact) mass is 466 g/mol. The number of hydrogen-bond acceptors (Lipinski definition) is 7. The summed E-state index contributed by atoms with van der Waals surface area (Å²) < 4.78 is 18.7. The average molecular weight is 466 g/mol. The Balaban J connectivity index is 1.36. The van der Waals surface area contributed by atoms with Crippen molar-refractivity contribution in [3.63, 3.8) is 0 Å². The summed E-state index contributed by atoms with van der Waals surface area (Å²) in [6, 6.07) is 11.9. The molecular formula is C24H19FN10. The normalized spacial score (nSPS) is 11.3. The zero-order valence-electron chi connectivity index (χ0n) is 18.8. The Labute approximate surface area is 198 Å². The highest BCUT2D eigenvalue weighted by molar-refractivity contribution is 5.78. The van der Waals surface area contributed by atoms with Crippen molar-refractivity contribution in [2.75, 3.05) is 5.32 Å². The topological polar surface area (TPSA) is 104 Å². The van der Waals surface area contributed by atoms with Gasteiger partial charge in [0, 0.05) is 50.0 Å². The van der Waals surface area contributed by atoms with E-state index in [9.17, 15) is 4.39 Å². The molecule has 0 saturated carbocycles. The smallest absolute Gasteiger partial charge is 0.227 e. The Morgan fingerprint density at radius 3 is 2.57 bits per heavy atom. The summed E-state index contributed by atoms with van der Waals surface area (Å²) in [7, 11) is 3.68. The average Bonchev–Trinajstić information content (AvgIpc) is 3.57. The number of nitrogens with zero attached hydrogens (tertiary/aromatic N) is 9. The van der Waals surface area contributed by atoms with Gasteiger partial charge < -0.3 is 5.32 Å². The molecule has 0 fully saturated rings. The third-order valence-corrected chi connectivity index (χ3v) is 5.51. The summed E-state index contributed by atoms with van der Waals surface area (Å²) in [5.41, 5.74) is 5.37. The molecule has 0 unspecified atom stereocenters. The number of fused-ring (bicyclic) bond motifs is 1. The predicted octanol–water partition coefficient (Wildman–Crippen LogP) is 3.87. The summed E-state index contributed by atoms with van der Waals surface area (Å²) in [6.45, 7) is 0. The van der Waals surface area contributed by atoms with Gasteiger partial charge in [-0.2, -0.15) is 10.2 Å². The first-order valence-corrected chi connectivity index (χ1v) is 10.8. The highest BCUT2D eigenvalue weighted by atomic mass is 19.1. The number of rotatable bonds is 5. The van der Waals surface area contributed by atoms with Crippen LogP contribution in [0, 0.1) is 5.82 Å². The minimum Gasteiger partial charge on any atom is -0.321 e. The van der Waals surface area contributed by atoms with Crippen LogP contribution in [0.25, 0.3) is 39.5 Å². The van der Waals surface area contributed by atoms with Gasteiger partial charge in [0.1, 0.15) is 11.5 Å². The number of nitrogens with one attached hydrogen (secondary N) is 1. The Morgan fingerprint density at radius 2 is 1.77 bits per heavy atom. The lowest BCUT2D eigenvalue weighted by molar-refractivity contribution is 0.628. The quantitative estimate of drug-likeness (QED) is 0.411. The maximum Gasteiger partial charge on any atom is 0.227 e. The van der Waals surface area contributed by atoms with Crippen molar-refractivity contribution < 1.29 is 4.39 Å². The fraction of sp³-hybridized carbons (Fsp3) is 0.0833. The molecule has 0 aliphatic carbocycles. The number of aryl methyl sites for hydroxylation is 2. The van der Waals surface area contributed by atoms with Crippen molar-refractivity contribution in [2.45, 2.75) is 0 Å². The van der Waals surface area contributed by atoms with E-state index in [1.165, 1.54) is 12.1 Å². The largest absolute Gasteiger partial charge is 0.321 e. The Kier molecular flexibility index (Phi) is 4.80. The van der Waals surface area contributed by atoms with E-state index < -0.39 is 0 Å². The lowest BCUT2D eigenvalue weighted by Gasteiger charge is -2.06. The molecule has 0 bridgehead atoms. The van der Waals surface area contributed by atoms with Crippen LogP contribution >= 0.6 is 0 Å². The molecule has 6 rings (SSSR count). The lowest BCUT2D eigenvalue weighted by atomic mass is 10.1. The molecule has 10 nitrogen and oxygen atoms in total. The highest BCUT2D eigenvalue weighted by Crippen LogP contribution is 2.31. The van der Waals surface area contributed by atoms with Gasteiger partial charge in [0.25, 0.3) is 0 Å². The van der Waals surface area contributed by atoms with Crippen molar-refractivity contribution in [1.29, 1.82) is 0 Å². The fourth-order valence-electron chi connectivity index (χ4n) is 3.90. The number of pyridine rings is 1. The van der Waals surface area contributed by atoms with Crippen LogP contribution in [0.1, 0.15) is 0 Å². The third-order valence-electron chi connectivity index (χ3n) is 5.51. The second-order valence-corrected chi connectivity index (χ2v) is 8.03. The third kappa shape index (κ3) is 3.88. The summed E-state index contributed by atoms with van der Waals surface area (Å²) in [4.78, 5) is 8.92. The second kappa shape index (κ2) is 8.13. The molecule has 0 saturated heterocycles. The van der Waals surface area contributed by atoms with E-state index in [0.29, 0.717) is 23.1 Å². The molecule has 35 heavy (non-hydrogen) atoms. The van der Waals surface area contributed by atoms with Crippen molar-refractivity contribution in [3.05, 3.63) is 79.3 Å². The first-order valence-electron chi connectivity index (χ1n) is 10.8. The van der Waals surface area contributed by atoms with Gasteiger partial charge in [0.2, 0.25) is 5.95 Å². The summed E-state index contributed by atoms with van der Waals surface area (Å²) >= 11 is 0.